The third kappa shape index (κ3) is 3.35. The first-order valence-corrected chi connectivity index (χ1v) is 8.86. The van der Waals surface area contributed by atoms with Gasteiger partial charge >= 0.3 is 0 Å². The molecule has 7 heteroatoms. The maximum atomic E-state index is 6.14. The van der Waals surface area contributed by atoms with E-state index in [9.17, 15) is 0 Å². The molecule has 0 bridgehead atoms. The molecule has 6 nitrogen and oxygen atoms in total. The molecule has 2 N–H and O–H groups in total. The summed E-state index contributed by atoms with van der Waals surface area (Å²) in [5, 5.41) is 11.0. The highest BCUT2D eigenvalue weighted by Gasteiger charge is 2.20. The normalized spacial score (nSPS) is 14.8. The van der Waals surface area contributed by atoms with Crippen molar-refractivity contribution in [1.29, 1.82) is 0 Å². The molecule has 0 radical (unpaired) electrons. The van der Waals surface area contributed by atoms with Crippen LogP contribution in [0.2, 0.25) is 5.02 Å². The highest BCUT2D eigenvalue weighted by molar-refractivity contribution is 6.30. The van der Waals surface area contributed by atoms with Gasteiger partial charge in [0.25, 0.3) is 0 Å². The van der Waals surface area contributed by atoms with Gasteiger partial charge in [-0.15, -0.1) is 0 Å². The van der Waals surface area contributed by atoms with Crippen molar-refractivity contribution in [2.75, 3.05) is 5.32 Å². The van der Waals surface area contributed by atoms with Crippen LogP contribution in [-0.4, -0.2) is 25.1 Å². The minimum absolute atomic E-state index is 0.0179. The van der Waals surface area contributed by atoms with Crippen LogP contribution in [0.4, 0.5) is 5.82 Å². The number of H-pyrrole nitrogens is 1. The van der Waals surface area contributed by atoms with Crippen LogP contribution < -0.4 is 5.32 Å². The van der Waals surface area contributed by atoms with Gasteiger partial charge in [-0.25, -0.2) is 15.0 Å². The lowest BCUT2D eigenvalue weighted by Crippen LogP contribution is -2.16. The Morgan fingerprint density at radius 2 is 2.08 bits per heavy atom. The first kappa shape index (κ1) is 16.0. The average Bonchev–Trinajstić information content (AvgIpc) is 3.16. The second kappa shape index (κ2) is 6.80. The molecule has 1 aliphatic carbocycles. The van der Waals surface area contributed by atoms with E-state index in [2.05, 4.69) is 20.5 Å². The summed E-state index contributed by atoms with van der Waals surface area (Å²) in [6.45, 7) is 2.04. The Balaban J connectivity index is 1.75. The number of anilines is 1. The number of nitrogens with zero attached hydrogens (tertiary/aromatic N) is 4. The smallest absolute Gasteiger partial charge is 0.161 e. The topological polar surface area (TPSA) is 79.4 Å². The Labute approximate surface area is 151 Å². The zero-order chi connectivity index (χ0) is 17.2. The number of rotatable bonds is 4. The van der Waals surface area contributed by atoms with Crippen molar-refractivity contribution in [2.24, 2.45) is 0 Å². The van der Waals surface area contributed by atoms with Crippen molar-refractivity contribution in [2.45, 2.75) is 38.6 Å². The highest BCUT2D eigenvalue weighted by atomic mass is 35.5. The standard InChI is InChI=1S/C18H19ClN6/c1-11(16-20-10-21-25-16)22-18-14-7-2-3-8-15(14)23-17(24-18)12-5-4-6-13(19)9-12/h4-6,9-11H,2-3,7-8H2,1H3,(H,20,21,25)(H,22,23,24). The number of aromatic amines is 1. The number of halogens is 1. The Hall–Kier alpha value is -2.47. The highest BCUT2D eigenvalue weighted by Crippen LogP contribution is 2.30. The van der Waals surface area contributed by atoms with E-state index < -0.39 is 0 Å². The second-order valence-corrected chi connectivity index (χ2v) is 6.71. The summed E-state index contributed by atoms with van der Waals surface area (Å²) in [7, 11) is 0. The Kier molecular flexibility index (Phi) is 4.36. The molecule has 25 heavy (non-hydrogen) atoms. The van der Waals surface area contributed by atoms with Crippen LogP contribution in [0, 0.1) is 0 Å². The first-order chi connectivity index (χ1) is 12.2. The van der Waals surface area contributed by atoms with Gasteiger partial charge in [0.15, 0.2) is 5.82 Å². The molecule has 128 valence electrons. The summed E-state index contributed by atoms with van der Waals surface area (Å²) in [5.74, 6) is 2.37. The molecular formula is C18H19ClN6. The summed E-state index contributed by atoms with van der Waals surface area (Å²) < 4.78 is 0. The van der Waals surface area contributed by atoms with Crippen molar-refractivity contribution < 1.29 is 0 Å². The van der Waals surface area contributed by atoms with Crippen LogP contribution in [0.15, 0.2) is 30.6 Å². The van der Waals surface area contributed by atoms with E-state index in [1.807, 2.05) is 31.2 Å². The lowest BCUT2D eigenvalue weighted by Gasteiger charge is -2.21. The number of hydrogen-bond acceptors (Lipinski definition) is 5. The molecule has 3 aromatic rings. The fourth-order valence-corrected chi connectivity index (χ4v) is 3.36. The van der Waals surface area contributed by atoms with Gasteiger partial charge in [-0.05, 0) is 44.7 Å². The SMILES string of the molecule is CC(Nc1nc(-c2cccc(Cl)c2)nc2c1CCCC2)c1ncn[nH]1. The molecule has 0 saturated heterocycles. The minimum atomic E-state index is -0.0179. The predicted octanol–water partition coefficient (Wildman–Crippen LogP) is 3.97. The molecule has 2 aromatic heterocycles. The minimum Gasteiger partial charge on any atom is -0.360 e. The van der Waals surface area contributed by atoms with Gasteiger partial charge in [-0.2, -0.15) is 5.10 Å². The van der Waals surface area contributed by atoms with Gasteiger partial charge in [-0.1, -0.05) is 23.7 Å². The van der Waals surface area contributed by atoms with Gasteiger partial charge in [-0.3, -0.25) is 5.10 Å². The van der Waals surface area contributed by atoms with Gasteiger partial charge < -0.3 is 5.32 Å². The van der Waals surface area contributed by atoms with Crippen LogP contribution in [0.1, 0.15) is 42.9 Å². The van der Waals surface area contributed by atoms with Crippen molar-refractivity contribution in [3.8, 4) is 11.4 Å². The molecule has 1 atom stereocenters. The van der Waals surface area contributed by atoms with Crippen molar-refractivity contribution >= 4 is 17.4 Å². The molecular weight excluding hydrogens is 336 g/mol. The lowest BCUT2D eigenvalue weighted by atomic mass is 9.96. The van der Waals surface area contributed by atoms with Gasteiger partial charge in [0.2, 0.25) is 0 Å². The third-order valence-corrected chi connectivity index (χ3v) is 4.70. The first-order valence-electron chi connectivity index (χ1n) is 8.48. The van der Waals surface area contributed by atoms with Crippen LogP contribution >= 0.6 is 11.6 Å². The molecule has 0 fully saturated rings. The van der Waals surface area contributed by atoms with Crippen LogP contribution in [0.3, 0.4) is 0 Å². The molecule has 0 spiro atoms. The number of benzene rings is 1. The number of aryl methyl sites for hydroxylation is 1. The molecule has 0 saturated carbocycles. The second-order valence-electron chi connectivity index (χ2n) is 6.28. The van der Waals surface area contributed by atoms with E-state index in [0.29, 0.717) is 10.8 Å². The van der Waals surface area contributed by atoms with E-state index in [-0.39, 0.29) is 6.04 Å². The van der Waals surface area contributed by atoms with Crippen LogP contribution in [0.5, 0.6) is 0 Å². The van der Waals surface area contributed by atoms with Gasteiger partial charge in [0.1, 0.15) is 18.0 Å². The van der Waals surface area contributed by atoms with E-state index >= 15 is 0 Å². The van der Waals surface area contributed by atoms with Crippen molar-refractivity contribution in [3.63, 3.8) is 0 Å². The maximum Gasteiger partial charge on any atom is 0.161 e. The average molecular weight is 355 g/mol. The Morgan fingerprint density at radius 1 is 1.20 bits per heavy atom. The summed E-state index contributed by atoms with van der Waals surface area (Å²) in [6, 6.07) is 7.64. The van der Waals surface area contributed by atoms with E-state index in [4.69, 9.17) is 21.6 Å². The molecule has 1 aliphatic rings. The zero-order valence-corrected chi connectivity index (χ0v) is 14.7. The monoisotopic (exact) mass is 354 g/mol. The summed E-state index contributed by atoms with van der Waals surface area (Å²) >= 11 is 6.14. The van der Waals surface area contributed by atoms with E-state index in [1.165, 1.54) is 11.9 Å². The fourth-order valence-electron chi connectivity index (χ4n) is 3.17. The quantitative estimate of drug-likeness (QED) is 0.741. The van der Waals surface area contributed by atoms with Crippen molar-refractivity contribution in [3.05, 3.63) is 52.7 Å². The van der Waals surface area contributed by atoms with Crippen LogP contribution in [-0.2, 0) is 12.8 Å². The molecule has 4 rings (SSSR count). The Morgan fingerprint density at radius 3 is 2.88 bits per heavy atom. The molecule has 0 aliphatic heterocycles. The number of nitrogens with one attached hydrogen (secondary N) is 2. The molecule has 1 aromatic carbocycles. The van der Waals surface area contributed by atoms with Gasteiger partial charge in [0.05, 0.1) is 6.04 Å². The molecule has 2 heterocycles. The predicted molar refractivity (Wildman–Crippen MR) is 97.5 cm³/mol. The largest absolute Gasteiger partial charge is 0.360 e. The third-order valence-electron chi connectivity index (χ3n) is 4.46. The Bertz CT molecular complexity index is 877. The zero-order valence-electron chi connectivity index (χ0n) is 14.0. The number of fused-ring (bicyclic) bond motifs is 1. The van der Waals surface area contributed by atoms with Crippen LogP contribution in [0.25, 0.3) is 11.4 Å². The van der Waals surface area contributed by atoms with Crippen molar-refractivity contribution in [1.82, 2.24) is 25.1 Å². The van der Waals surface area contributed by atoms with E-state index in [1.54, 1.807) is 0 Å². The summed E-state index contributed by atoms with van der Waals surface area (Å²) in [6.07, 6.45) is 5.82. The van der Waals surface area contributed by atoms with Gasteiger partial charge in [0, 0.05) is 21.8 Å². The maximum absolute atomic E-state index is 6.14. The fraction of sp³-hybridized carbons (Fsp3) is 0.333. The van der Waals surface area contributed by atoms with E-state index in [0.717, 1.165) is 48.6 Å². The number of hydrogen-bond donors (Lipinski definition) is 2. The molecule has 0 amide bonds. The summed E-state index contributed by atoms with van der Waals surface area (Å²) in [4.78, 5) is 13.8. The number of aromatic nitrogens is 5. The summed E-state index contributed by atoms with van der Waals surface area (Å²) in [5.41, 5.74) is 3.27. The molecule has 1 unspecified atom stereocenters. The lowest BCUT2D eigenvalue weighted by molar-refractivity contribution is 0.661.